The van der Waals surface area contributed by atoms with E-state index >= 15 is 0 Å². The van der Waals surface area contributed by atoms with E-state index in [0.29, 0.717) is 18.9 Å². The lowest BCUT2D eigenvalue weighted by atomic mass is 9.81. The average molecular weight is 349 g/mol. The molecule has 0 aromatic carbocycles. The van der Waals surface area contributed by atoms with Gasteiger partial charge in [-0.3, -0.25) is 4.79 Å². The molecular weight excluding hydrogens is 327 g/mol. The van der Waals surface area contributed by atoms with Gasteiger partial charge in [0.2, 0.25) is 0 Å². The van der Waals surface area contributed by atoms with Crippen LogP contribution < -0.4 is 5.32 Å². The first-order chi connectivity index (χ1) is 10.8. The smallest absolute Gasteiger partial charge is 0.377 e. The molecule has 1 aromatic heterocycles. The highest BCUT2D eigenvalue weighted by molar-refractivity contribution is 5.82. The van der Waals surface area contributed by atoms with Gasteiger partial charge in [0.05, 0.1) is 12.0 Å². The molecule has 1 fully saturated rings. The predicted molar refractivity (Wildman–Crippen MR) is 78.1 cm³/mol. The molecule has 1 saturated heterocycles. The van der Waals surface area contributed by atoms with Gasteiger partial charge in [0, 0.05) is 6.61 Å². The van der Waals surface area contributed by atoms with Crippen LogP contribution in [0.1, 0.15) is 58.7 Å². The zero-order chi connectivity index (χ0) is 18.3. The lowest BCUT2D eigenvalue weighted by Gasteiger charge is -2.29. The maximum absolute atomic E-state index is 12.4. The Bertz CT molecular complexity index is 605. The van der Waals surface area contributed by atoms with Crippen molar-refractivity contribution in [2.45, 2.75) is 64.8 Å². The highest BCUT2D eigenvalue weighted by Gasteiger charge is 2.44. The summed E-state index contributed by atoms with van der Waals surface area (Å²) in [4.78, 5) is 15.4. The molecule has 1 aliphatic rings. The molecule has 9 heteroatoms. The molecule has 1 aromatic rings. The van der Waals surface area contributed by atoms with Gasteiger partial charge in [0.1, 0.15) is 5.54 Å². The number of alkyl halides is 3. The summed E-state index contributed by atoms with van der Waals surface area (Å²) >= 11 is 0. The van der Waals surface area contributed by atoms with Crippen LogP contribution in [0.25, 0.3) is 0 Å². The van der Waals surface area contributed by atoms with Gasteiger partial charge >= 0.3 is 12.1 Å². The number of carbonyl (C=O) groups is 1. The maximum Gasteiger partial charge on any atom is 0.471 e. The van der Waals surface area contributed by atoms with Crippen LogP contribution in [0.3, 0.4) is 0 Å². The molecular formula is C15H22F3N3O3. The molecule has 1 aliphatic heterocycles. The lowest BCUT2D eigenvalue weighted by Crippen LogP contribution is -2.47. The molecule has 0 radical (unpaired) electrons. The van der Waals surface area contributed by atoms with Crippen molar-refractivity contribution in [3.8, 4) is 0 Å². The molecule has 1 amide bonds. The number of aromatic nitrogens is 2. The van der Waals surface area contributed by atoms with Crippen molar-refractivity contribution >= 4 is 5.91 Å². The van der Waals surface area contributed by atoms with E-state index in [9.17, 15) is 18.0 Å². The number of halogens is 3. The van der Waals surface area contributed by atoms with Crippen molar-refractivity contribution in [1.29, 1.82) is 0 Å². The van der Waals surface area contributed by atoms with E-state index in [0.717, 1.165) is 0 Å². The van der Waals surface area contributed by atoms with Crippen molar-refractivity contribution in [2.75, 3.05) is 6.61 Å². The molecule has 6 nitrogen and oxygen atoms in total. The zero-order valence-corrected chi connectivity index (χ0v) is 14.3. The number of amides is 1. The summed E-state index contributed by atoms with van der Waals surface area (Å²) < 4.78 is 48.2. The Morgan fingerprint density at radius 1 is 1.21 bits per heavy atom. The number of rotatable bonds is 3. The first-order valence-electron chi connectivity index (χ1n) is 7.67. The summed E-state index contributed by atoms with van der Waals surface area (Å²) in [6, 6.07) is 0. The summed E-state index contributed by atoms with van der Waals surface area (Å²) in [5, 5.41) is 5.77. The fourth-order valence-corrected chi connectivity index (χ4v) is 2.76. The van der Waals surface area contributed by atoms with E-state index in [-0.39, 0.29) is 23.3 Å². The van der Waals surface area contributed by atoms with E-state index in [1.807, 2.05) is 26.1 Å². The first-order valence-corrected chi connectivity index (χ1v) is 7.67. The predicted octanol–water partition coefficient (Wildman–Crippen LogP) is 2.90. The molecule has 136 valence electrons. The average Bonchev–Trinajstić information content (AvgIpc) is 3.05. The Morgan fingerprint density at radius 3 is 2.38 bits per heavy atom. The number of hydrogen-bond donors (Lipinski definition) is 1. The van der Waals surface area contributed by atoms with E-state index in [1.165, 1.54) is 13.8 Å². The highest BCUT2D eigenvalue weighted by Crippen LogP contribution is 2.40. The third kappa shape index (κ3) is 3.88. The second kappa shape index (κ2) is 6.02. The molecule has 2 heterocycles. The summed E-state index contributed by atoms with van der Waals surface area (Å²) in [7, 11) is 0. The van der Waals surface area contributed by atoms with Gasteiger partial charge in [0.15, 0.2) is 5.82 Å². The summed E-state index contributed by atoms with van der Waals surface area (Å²) in [5.41, 5.74) is -1.57. The summed E-state index contributed by atoms with van der Waals surface area (Å²) in [6.45, 7) is 9.41. The van der Waals surface area contributed by atoms with Gasteiger partial charge in [-0.25, -0.2) is 0 Å². The summed E-state index contributed by atoms with van der Waals surface area (Å²) in [5.74, 6) is -1.84. The van der Waals surface area contributed by atoms with Crippen molar-refractivity contribution in [1.82, 2.24) is 15.5 Å². The van der Waals surface area contributed by atoms with Gasteiger partial charge in [-0.15, -0.1) is 0 Å². The third-order valence-corrected chi connectivity index (χ3v) is 3.94. The number of hydrogen-bond acceptors (Lipinski definition) is 5. The molecule has 0 unspecified atom stereocenters. The van der Waals surface area contributed by atoms with Gasteiger partial charge in [-0.2, -0.15) is 18.2 Å². The lowest BCUT2D eigenvalue weighted by molar-refractivity contribution is -0.175. The van der Waals surface area contributed by atoms with Crippen LogP contribution in [0.2, 0.25) is 0 Å². The molecule has 2 atom stereocenters. The second-order valence-corrected chi connectivity index (χ2v) is 7.59. The largest absolute Gasteiger partial charge is 0.471 e. The molecule has 1 N–H and O–H groups in total. The monoisotopic (exact) mass is 349 g/mol. The van der Waals surface area contributed by atoms with Crippen LogP contribution in [0.5, 0.6) is 0 Å². The molecule has 2 rings (SSSR count). The molecule has 24 heavy (non-hydrogen) atoms. The van der Waals surface area contributed by atoms with E-state index in [1.54, 1.807) is 0 Å². The van der Waals surface area contributed by atoms with Crippen molar-refractivity contribution < 1.29 is 27.2 Å². The van der Waals surface area contributed by atoms with Crippen molar-refractivity contribution in [3.63, 3.8) is 0 Å². The first kappa shape index (κ1) is 18.7. The SMILES string of the molecule is CC(C)(NC(=O)C(F)(F)F)c1nc([C@H]2CCO[C@@H]2C(C)(C)C)no1. The van der Waals surface area contributed by atoms with Gasteiger partial charge in [-0.1, -0.05) is 25.9 Å². The van der Waals surface area contributed by atoms with E-state index < -0.39 is 17.6 Å². The second-order valence-electron chi connectivity index (χ2n) is 7.59. The Kier molecular flexibility index (Phi) is 4.69. The number of carbonyl (C=O) groups excluding carboxylic acids is 1. The Hall–Kier alpha value is -1.64. The van der Waals surface area contributed by atoms with E-state index in [2.05, 4.69) is 10.1 Å². The van der Waals surface area contributed by atoms with Crippen molar-refractivity contribution in [3.05, 3.63) is 11.7 Å². The normalized spacial score (nSPS) is 22.7. The van der Waals surface area contributed by atoms with Crippen LogP contribution in [0.15, 0.2) is 4.52 Å². The summed E-state index contributed by atoms with van der Waals surface area (Å²) in [6.07, 6.45) is -4.39. The van der Waals surface area contributed by atoms with Crippen LogP contribution in [-0.2, 0) is 15.1 Å². The Labute approximate surface area is 138 Å². The maximum atomic E-state index is 12.4. The molecule has 0 saturated carbocycles. The highest BCUT2D eigenvalue weighted by atomic mass is 19.4. The number of ether oxygens (including phenoxy) is 1. The van der Waals surface area contributed by atoms with Crippen LogP contribution in [-0.4, -0.2) is 34.9 Å². The minimum Gasteiger partial charge on any atom is -0.377 e. The van der Waals surface area contributed by atoms with E-state index in [4.69, 9.17) is 9.26 Å². The van der Waals surface area contributed by atoms with Crippen LogP contribution in [0, 0.1) is 5.41 Å². The van der Waals surface area contributed by atoms with Gasteiger partial charge in [-0.05, 0) is 25.7 Å². The molecule has 0 spiro atoms. The third-order valence-electron chi connectivity index (χ3n) is 3.94. The topological polar surface area (TPSA) is 77.2 Å². The standard InChI is InChI=1S/C15H22F3N3O3/c1-13(2,3)9-8(6-7-23-9)10-19-12(24-21-10)14(4,5)20-11(22)15(16,17)18/h8-9H,6-7H2,1-5H3,(H,20,22)/t8-,9-/m0/s1. The minimum absolute atomic E-state index is 0.0744. The number of nitrogens with zero attached hydrogens (tertiary/aromatic N) is 2. The minimum atomic E-state index is -4.98. The van der Waals surface area contributed by atoms with Crippen molar-refractivity contribution in [2.24, 2.45) is 5.41 Å². The van der Waals surface area contributed by atoms with Gasteiger partial charge < -0.3 is 14.6 Å². The van der Waals surface area contributed by atoms with Gasteiger partial charge in [0.25, 0.3) is 5.89 Å². The zero-order valence-electron chi connectivity index (χ0n) is 14.3. The molecule has 0 bridgehead atoms. The van der Waals surface area contributed by atoms with Crippen LogP contribution in [0.4, 0.5) is 13.2 Å². The fourth-order valence-electron chi connectivity index (χ4n) is 2.76. The fraction of sp³-hybridized carbons (Fsp3) is 0.800. The quantitative estimate of drug-likeness (QED) is 0.908. The Balaban J connectivity index is 2.19. The molecule has 0 aliphatic carbocycles. The number of nitrogens with one attached hydrogen (secondary N) is 1. The van der Waals surface area contributed by atoms with Crippen LogP contribution >= 0.6 is 0 Å². The Morgan fingerprint density at radius 2 is 1.83 bits per heavy atom.